The number of para-hydroxylation sites is 2. The highest BCUT2D eigenvalue weighted by atomic mass is 16.3. The van der Waals surface area contributed by atoms with E-state index in [9.17, 15) is 14.7 Å². The molecular weight excluding hydrogens is 532 g/mol. The molecule has 0 fully saturated rings. The second kappa shape index (κ2) is 9.57. The SMILES string of the molecule is O=C1C(c2c(-c3ccccc3)[nH]c3ccccc23)=CC(=O)c2c(-c3c(-c4ccccc4)[nH]c4ccccc34)ccc(O)c21. The summed E-state index contributed by atoms with van der Waals surface area (Å²) in [4.78, 5) is 35.6. The molecule has 1 aliphatic carbocycles. The van der Waals surface area contributed by atoms with Gasteiger partial charge in [-0.3, -0.25) is 9.59 Å². The Balaban J connectivity index is 1.38. The molecule has 5 heteroatoms. The number of hydrogen-bond acceptors (Lipinski definition) is 3. The molecule has 5 nitrogen and oxygen atoms in total. The third-order valence-electron chi connectivity index (χ3n) is 8.25. The molecule has 204 valence electrons. The van der Waals surface area contributed by atoms with Crippen LogP contribution in [0.4, 0.5) is 0 Å². The van der Waals surface area contributed by atoms with Gasteiger partial charge >= 0.3 is 0 Å². The number of ketones is 2. The smallest absolute Gasteiger partial charge is 0.198 e. The van der Waals surface area contributed by atoms with E-state index in [1.165, 1.54) is 12.1 Å². The number of benzene rings is 5. The van der Waals surface area contributed by atoms with Crippen LogP contribution in [0.2, 0.25) is 0 Å². The van der Waals surface area contributed by atoms with E-state index in [0.29, 0.717) is 11.1 Å². The molecule has 0 amide bonds. The van der Waals surface area contributed by atoms with Crippen molar-refractivity contribution in [2.45, 2.75) is 0 Å². The summed E-state index contributed by atoms with van der Waals surface area (Å²) in [5.41, 5.74) is 7.74. The van der Waals surface area contributed by atoms with Crippen LogP contribution < -0.4 is 0 Å². The number of aromatic amines is 2. The number of hydrogen-bond donors (Lipinski definition) is 3. The van der Waals surface area contributed by atoms with Gasteiger partial charge < -0.3 is 15.1 Å². The van der Waals surface area contributed by atoms with E-state index < -0.39 is 5.78 Å². The number of fused-ring (bicyclic) bond motifs is 3. The molecule has 7 aromatic rings. The Labute approximate surface area is 246 Å². The lowest BCUT2D eigenvalue weighted by molar-refractivity contribution is 0.1000. The molecule has 0 aliphatic heterocycles. The van der Waals surface area contributed by atoms with Gasteiger partial charge in [0.05, 0.1) is 17.0 Å². The molecule has 0 atom stereocenters. The minimum Gasteiger partial charge on any atom is -0.507 e. The highest BCUT2D eigenvalue weighted by Gasteiger charge is 2.35. The van der Waals surface area contributed by atoms with Gasteiger partial charge in [-0.2, -0.15) is 0 Å². The monoisotopic (exact) mass is 556 g/mol. The summed E-state index contributed by atoms with van der Waals surface area (Å²) in [5.74, 6) is -0.939. The fourth-order valence-electron chi connectivity index (χ4n) is 6.36. The Morgan fingerprint density at radius 1 is 0.488 bits per heavy atom. The first-order valence-corrected chi connectivity index (χ1v) is 14.1. The van der Waals surface area contributed by atoms with E-state index >= 15 is 0 Å². The Morgan fingerprint density at radius 2 is 1.00 bits per heavy atom. The van der Waals surface area contributed by atoms with Crippen LogP contribution in [0.1, 0.15) is 26.3 Å². The van der Waals surface area contributed by atoms with Crippen molar-refractivity contribution in [2.75, 3.05) is 0 Å². The minimum atomic E-state index is -0.392. The van der Waals surface area contributed by atoms with Crippen molar-refractivity contribution >= 4 is 38.9 Å². The van der Waals surface area contributed by atoms with E-state index in [4.69, 9.17) is 0 Å². The molecule has 2 aromatic heterocycles. The highest BCUT2D eigenvalue weighted by molar-refractivity contribution is 6.42. The van der Waals surface area contributed by atoms with E-state index in [2.05, 4.69) is 9.97 Å². The van der Waals surface area contributed by atoms with Gasteiger partial charge in [-0.25, -0.2) is 0 Å². The second-order valence-corrected chi connectivity index (χ2v) is 10.7. The van der Waals surface area contributed by atoms with Crippen molar-refractivity contribution in [1.29, 1.82) is 0 Å². The van der Waals surface area contributed by atoms with Crippen LogP contribution >= 0.6 is 0 Å². The zero-order valence-electron chi connectivity index (χ0n) is 22.9. The van der Waals surface area contributed by atoms with E-state index in [1.54, 1.807) is 6.07 Å². The molecule has 0 saturated carbocycles. The Morgan fingerprint density at radius 3 is 1.60 bits per heavy atom. The Bertz CT molecular complexity index is 2270. The predicted molar refractivity (Wildman–Crippen MR) is 171 cm³/mol. The van der Waals surface area contributed by atoms with E-state index in [0.717, 1.165) is 49.9 Å². The maximum atomic E-state index is 14.4. The number of phenolic OH excluding ortho intramolecular Hbond substituents is 1. The van der Waals surface area contributed by atoms with Gasteiger partial charge in [-0.15, -0.1) is 0 Å². The number of H-pyrrole nitrogens is 2. The number of carbonyl (C=O) groups excluding carboxylic acids is 2. The van der Waals surface area contributed by atoms with E-state index in [1.807, 2.05) is 109 Å². The predicted octanol–water partition coefficient (Wildman–Crippen LogP) is 8.82. The summed E-state index contributed by atoms with van der Waals surface area (Å²) >= 11 is 0. The van der Waals surface area contributed by atoms with Crippen molar-refractivity contribution in [1.82, 2.24) is 9.97 Å². The molecule has 0 radical (unpaired) electrons. The molecular formula is C38H24N2O3. The molecule has 0 spiro atoms. The molecule has 0 bridgehead atoms. The van der Waals surface area contributed by atoms with Gasteiger partial charge in [0.15, 0.2) is 11.6 Å². The third-order valence-corrected chi connectivity index (χ3v) is 8.25. The molecule has 43 heavy (non-hydrogen) atoms. The fraction of sp³-hybridized carbons (Fsp3) is 0. The normalized spacial score (nSPS) is 13.0. The van der Waals surface area contributed by atoms with Crippen molar-refractivity contribution in [3.63, 3.8) is 0 Å². The number of phenols is 1. The van der Waals surface area contributed by atoms with Crippen molar-refractivity contribution in [3.05, 3.63) is 144 Å². The number of aromatic hydroxyl groups is 1. The number of carbonyl (C=O) groups is 2. The topological polar surface area (TPSA) is 86.0 Å². The molecule has 8 rings (SSSR count). The van der Waals surface area contributed by atoms with Crippen LogP contribution in [-0.4, -0.2) is 26.6 Å². The first kappa shape index (κ1) is 24.8. The lowest BCUT2D eigenvalue weighted by Crippen LogP contribution is -2.18. The fourth-order valence-corrected chi connectivity index (χ4v) is 6.36. The molecule has 2 heterocycles. The van der Waals surface area contributed by atoms with Gasteiger partial charge in [0.25, 0.3) is 0 Å². The zero-order valence-corrected chi connectivity index (χ0v) is 22.9. The van der Waals surface area contributed by atoms with Crippen LogP contribution in [0, 0.1) is 0 Å². The molecule has 0 unspecified atom stereocenters. The summed E-state index contributed by atoms with van der Waals surface area (Å²) in [6.07, 6.45) is 1.44. The van der Waals surface area contributed by atoms with Gasteiger partial charge in [0.1, 0.15) is 5.75 Å². The first-order valence-electron chi connectivity index (χ1n) is 14.1. The lowest BCUT2D eigenvalue weighted by Gasteiger charge is -2.21. The minimum absolute atomic E-state index is 0.0218. The average Bonchev–Trinajstić information content (AvgIpc) is 3.63. The molecule has 5 aromatic carbocycles. The lowest BCUT2D eigenvalue weighted by atomic mass is 9.80. The van der Waals surface area contributed by atoms with Crippen LogP contribution in [0.5, 0.6) is 5.75 Å². The maximum absolute atomic E-state index is 14.4. The maximum Gasteiger partial charge on any atom is 0.198 e. The van der Waals surface area contributed by atoms with Crippen molar-refractivity contribution in [2.24, 2.45) is 0 Å². The third kappa shape index (κ3) is 3.79. The van der Waals surface area contributed by atoms with Crippen LogP contribution in [0.3, 0.4) is 0 Å². The standard InChI is InChI=1S/C38H24N2O3/c41-30-20-19-26(32-24-15-7-9-17-28(24)39-36(32)22-11-3-1-4-12-22)34-31(42)21-27(38(43)35(30)34)33-25-16-8-10-18-29(25)40-37(33)23-13-5-2-6-14-23/h1-21,39-41H. The number of allylic oxidation sites excluding steroid dienone is 2. The summed E-state index contributed by atoms with van der Waals surface area (Å²) in [6.45, 7) is 0. The number of nitrogens with one attached hydrogen (secondary N) is 2. The Hall–Kier alpha value is -5.94. The van der Waals surface area contributed by atoms with Crippen LogP contribution in [0.15, 0.2) is 127 Å². The van der Waals surface area contributed by atoms with Crippen molar-refractivity contribution < 1.29 is 14.7 Å². The van der Waals surface area contributed by atoms with Gasteiger partial charge in [-0.05, 0) is 47.0 Å². The highest BCUT2D eigenvalue weighted by Crippen LogP contribution is 2.46. The number of aromatic nitrogens is 2. The van der Waals surface area contributed by atoms with Crippen molar-refractivity contribution in [3.8, 4) is 39.4 Å². The largest absolute Gasteiger partial charge is 0.507 e. The molecule has 1 aliphatic rings. The van der Waals surface area contributed by atoms with Crippen LogP contribution in [-0.2, 0) is 0 Å². The Kier molecular flexibility index (Phi) is 5.52. The average molecular weight is 557 g/mol. The number of Topliss-reactive ketones (excluding diaryl/α,β-unsaturated/α-hetero) is 1. The number of rotatable bonds is 4. The summed E-state index contributed by atoms with van der Waals surface area (Å²) < 4.78 is 0. The summed E-state index contributed by atoms with van der Waals surface area (Å²) in [7, 11) is 0. The van der Waals surface area contributed by atoms with Gasteiger partial charge in [-0.1, -0.05) is 97.1 Å². The van der Waals surface area contributed by atoms with Gasteiger partial charge in [0.2, 0.25) is 0 Å². The van der Waals surface area contributed by atoms with Crippen LogP contribution in [0.25, 0.3) is 61.0 Å². The first-order chi connectivity index (χ1) is 21.1. The molecule has 3 N–H and O–H groups in total. The molecule has 0 saturated heterocycles. The van der Waals surface area contributed by atoms with E-state index in [-0.39, 0.29) is 28.2 Å². The summed E-state index contributed by atoms with van der Waals surface area (Å²) in [6, 6.07) is 38.5. The zero-order chi connectivity index (χ0) is 29.1. The quantitative estimate of drug-likeness (QED) is 0.202. The van der Waals surface area contributed by atoms with Gasteiger partial charge in [0, 0.05) is 44.1 Å². The summed E-state index contributed by atoms with van der Waals surface area (Å²) in [5, 5.41) is 12.9. The second-order valence-electron chi connectivity index (χ2n) is 10.7.